The summed E-state index contributed by atoms with van der Waals surface area (Å²) < 4.78 is 5.60. The van der Waals surface area contributed by atoms with Crippen LogP contribution in [0.2, 0.25) is 0 Å². The largest absolute Gasteiger partial charge is 0.351 e. The summed E-state index contributed by atoms with van der Waals surface area (Å²) in [4.78, 5) is 0. The summed E-state index contributed by atoms with van der Waals surface area (Å²) in [6, 6.07) is 0. The summed E-state index contributed by atoms with van der Waals surface area (Å²) >= 11 is 5.44. The first-order valence-electron chi connectivity index (χ1n) is 3.99. The Balaban J connectivity index is 2.41. The topological polar surface area (TPSA) is 9.23 Å². The van der Waals surface area contributed by atoms with E-state index < -0.39 is 6.26 Å². The van der Waals surface area contributed by atoms with Crippen molar-refractivity contribution in [3.05, 3.63) is 0 Å². The van der Waals surface area contributed by atoms with Crippen LogP contribution in [0.1, 0.15) is 26.2 Å². The molecule has 0 aliphatic carbocycles. The van der Waals surface area contributed by atoms with Gasteiger partial charge in [0.2, 0.25) is 0 Å². The monoisotopic (exact) mass is 178 g/mol. The third-order valence-electron chi connectivity index (χ3n) is 1.86. The fourth-order valence-electron chi connectivity index (χ4n) is 1.36. The van der Waals surface area contributed by atoms with Gasteiger partial charge in [-0.05, 0) is 32.1 Å². The van der Waals surface area contributed by atoms with Gasteiger partial charge in [-0.2, -0.15) is 0 Å². The van der Waals surface area contributed by atoms with Gasteiger partial charge in [0.05, 0.1) is 6.26 Å². The van der Waals surface area contributed by atoms with Crippen molar-refractivity contribution in [1.82, 2.24) is 0 Å². The van der Waals surface area contributed by atoms with Gasteiger partial charge >= 0.3 is 0 Å². The quantitative estimate of drug-likeness (QED) is 0.601. The van der Waals surface area contributed by atoms with E-state index in [1.165, 1.54) is 31.6 Å². The molecule has 0 spiro atoms. The Morgan fingerprint density at radius 2 is 1.90 bits per heavy atom. The molecule has 60 valence electrons. The van der Waals surface area contributed by atoms with Crippen LogP contribution in [0, 0.1) is 0 Å². The van der Waals surface area contributed by atoms with E-state index in [2.05, 4.69) is 0 Å². The molecule has 1 nitrogen and oxygen atoms in total. The Hall–Kier alpha value is 0.610. The number of rotatable bonds is 2. The zero-order valence-electron chi connectivity index (χ0n) is 6.51. The van der Waals surface area contributed by atoms with Gasteiger partial charge in [-0.25, -0.2) is 0 Å². The first-order chi connectivity index (χ1) is 4.77. The molecule has 0 radical (unpaired) electrons. The van der Waals surface area contributed by atoms with Crippen molar-refractivity contribution in [3.63, 3.8) is 0 Å². The fraction of sp³-hybridized carbons (Fsp3) is 1.00. The minimum absolute atomic E-state index is 0.817. The van der Waals surface area contributed by atoms with Gasteiger partial charge in [0.25, 0.3) is 0 Å². The smallest absolute Gasteiger partial charge is 0.0674 e. The summed E-state index contributed by atoms with van der Waals surface area (Å²) in [6.07, 6.45) is 5.07. The van der Waals surface area contributed by atoms with Crippen LogP contribution in [0.15, 0.2) is 0 Å². The molecule has 1 rings (SSSR count). The third kappa shape index (κ3) is 2.34. The standard InChI is InChI=1S/C7H15OPS/c1-2-8-9(10)6-4-3-5-7-9/h2-7H2,1H3. The molecule has 3 heteroatoms. The van der Waals surface area contributed by atoms with Crippen LogP contribution in [0.4, 0.5) is 0 Å². The van der Waals surface area contributed by atoms with Crippen LogP contribution in [0.25, 0.3) is 0 Å². The molecule has 0 atom stereocenters. The van der Waals surface area contributed by atoms with Crippen molar-refractivity contribution in [2.24, 2.45) is 0 Å². The Bertz CT molecular complexity index is 128. The highest BCUT2D eigenvalue weighted by molar-refractivity contribution is 8.12. The molecule has 1 fully saturated rings. The molecule has 1 aliphatic heterocycles. The summed E-state index contributed by atoms with van der Waals surface area (Å²) in [5, 5.41) is 0. The van der Waals surface area contributed by atoms with Crippen molar-refractivity contribution < 1.29 is 4.52 Å². The highest BCUT2D eigenvalue weighted by Gasteiger charge is 2.19. The second kappa shape index (κ2) is 3.85. The molecule has 1 saturated heterocycles. The molecule has 0 aromatic rings. The molecule has 1 aliphatic rings. The molecule has 0 aromatic heterocycles. The van der Waals surface area contributed by atoms with E-state index in [1.54, 1.807) is 0 Å². The van der Waals surface area contributed by atoms with Crippen LogP contribution in [0.5, 0.6) is 0 Å². The first-order valence-corrected chi connectivity index (χ1v) is 7.08. The molecule has 0 saturated carbocycles. The Morgan fingerprint density at radius 1 is 1.30 bits per heavy atom. The predicted octanol–water partition coefficient (Wildman–Crippen LogP) is 2.60. The minimum Gasteiger partial charge on any atom is -0.351 e. The fourth-order valence-corrected chi connectivity index (χ4v) is 4.81. The summed E-state index contributed by atoms with van der Waals surface area (Å²) in [7, 11) is 0. The van der Waals surface area contributed by atoms with E-state index in [4.69, 9.17) is 16.3 Å². The molecular weight excluding hydrogens is 163 g/mol. The second-order valence-electron chi connectivity index (χ2n) is 2.74. The van der Waals surface area contributed by atoms with Gasteiger partial charge in [-0.3, -0.25) is 0 Å². The zero-order valence-corrected chi connectivity index (χ0v) is 8.22. The van der Waals surface area contributed by atoms with Gasteiger partial charge in [0.15, 0.2) is 0 Å². The molecule has 0 N–H and O–H groups in total. The normalized spacial score (nSPS) is 24.5. The van der Waals surface area contributed by atoms with Gasteiger partial charge in [-0.15, -0.1) is 0 Å². The molecule has 1 heterocycles. The number of hydrogen-bond acceptors (Lipinski definition) is 2. The number of hydrogen-bond donors (Lipinski definition) is 0. The van der Waals surface area contributed by atoms with Gasteiger partial charge in [0.1, 0.15) is 0 Å². The lowest BCUT2D eigenvalue weighted by Gasteiger charge is -2.25. The van der Waals surface area contributed by atoms with Crippen LogP contribution in [-0.4, -0.2) is 18.9 Å². The second-order valence-corrected chi connectivity index (χ2v) is 7.52. The van der Waals surface area contributed by atoms with E-state index >= 15 is 0 Å². The average Bonchev–Trinajstić information content (AvgIpc) is 1.89. The molecule has 10 heavy (non-hydrogen) atoms. The maximum atomic E-state index is 5.60. The predicted molar refractivity (Wildman–Crippen MR) is 49.5 cm³/mol. The van der Waals surface area contributed by atoms with Crippen LogP contribution in [0.3, 0.4) is 0 Å². The average molecular weight is 178 g/mol. The molecular formula is C7H15OPS. The summed E-state index contributed by atoms with van der Waals surface area (Å²) in [5.41, 5.74) is 0. The highest BCUT2D eigenvalue weighted by Crippen LogP contribution is 2.51. The first kappa shape index (κ1) is 8.70. The maximum Gasteiger partial charge on any atom is 0.0674 e. The van der Waals surface area contributed by atoms with Crippen molar-refractivity contribution >= 4 is 18.1 Å². The van der Waals surface area contributed by atoms with Crippen LogP contribution < -0.4 is 0 Å². The van der Waals surface area contributed by atoms with Crippen LogP contribution >= 0.6 is 6.26 Å². The summed E-state index contributed by atoms with van der Waals surface area (Å²) in [6.45, 7) is 2.86. The van der Waals surface area contributed by atoms with Gasteiger partial charge in [0, 0.05) is 6.61 Å². The van der Waals surface area contributed by atoms with E-state index in [0.29, 0.717) is 0 Å². The lowest BCUT2D eigenvalue weighted by molar-refractivity contribution is 0.370. The molecule has 0 unspecified atom stereocenters. The minimum atomic E-state index is -1.28. The van der Waals surface area contributed by atoms with Crippen molar-refractivity contribution in [2.75, 3.05) is 18.9 Å². The van der Waals surface area contributed by atoms with Crippen molar-refractivity contribution in [2.45, 2.75) is 26.2 Å². The van der Waals surface area contributed by atoms with Crippen molar-refractivity contribution in [1.29, 1.82) is 0 Å². The summed E-state index contributed by atoms with van der Waals surface area (Å²) in [5.74, 6) is 0. The van der Waals surface area contributed by atoms with E-state index in [1.807, 2.05) is 6.92 Å². The Kier molecular flexibility index (Phi) is 3.35. The lowest BCUT2D eigenvalue weighted by atomic mass is 10.3. The molecule has 0 aromatic carbocycles. The van der Waals surface area contributed by atoms with Crippen LogP contribution in [-0.2, 0) is 16.3 Å². The van der Waals surface area contributed by atoms with E-state index in [-0.39, 0.29) is 0 Å². The van der Waals surface area contributed by atoms with E-state index in [0.717, 1.165) is 6.61 Å². The molecule has 0 amide bonds. The van der Waals surface area contributed by atoms with E-state index in [9.17, 15) is 0 Å². The Labute approximate surface area is 68.2 Å². The SMILES string of the molecule is CCOP1(=S)CCCCC1. The van der Waals surface area contributed by atoms with Crippen molar-refractivity contribution in [3.8, 4) is 0 Å². The highest BCUT2D eigenvalue weighted by atomic mass is 32.4. The maximum absolute atomic E-state index is 5.60. The third-order valence-corrected chi connectivity index (χ3v) is 6.00. The van der Waals surface area contributed by atoms with Gasteiger partial charge in [-0.1, -0.05) is 18.2 Å². The van der Waals surface area contributed by atoms with Gasteiger partial charge < -0.3 is 4.52 Å². The zero-order chi connectivity index (χ0) is 7.45. The Morgan fingerprint density at radius 3 is 2.40 bits per heavy atom. The molecule has 0 bridgehead atoms. The lowest BCUT2D eigenvalue weighted by Crippen LogP contribution is -2.05.